The summed E-state index contributed by atoms with van der Waals surface area (Å²) in [5.41, 5.74) is 3.22. The molecular formula is C19H23NO4. The standard InChI is InChI=1S/C19H23NO4/c1-13-5-4-6-16(9-13)12-24-17-8-7-15(10-18(17)23-3)11-20-14(2)19(21)22/h4-10,14,20H,11-12H2,1-3H3,(H,21,22). The van der Waals surface area contributed by atoms with Gasteiger partial charge in [0, 0.05) is 6.54 Å². The molecule has 0 aliphatic rings. The van der Waals surface area contributed by atoms with Gasteiger partial charge in [0.05, 0.1) is 7.11 Å². The lowest BCUT2D eigenvalue weighted by Crippen LogP contribution is -2.33. The third-order valence-corrected chi connectivity index (χ3v) is 3.69. The molecule has 0 aliphatic heterocycles. The summed E-state index contributed by atoms with van der Waals surface area (Å²) in [6.45, 7) is 4.57. The SMILES string of the molecule is COc1cc(CNC(C)C(=O)O)ccc1OCc1cccc(C)c1. The van der Waals surface area contributed by atoms with Gasteiger partial charge in [-0.3, -0.25) is 4.79 Å². The summed E-state index contributed by atoms with van der Waals surface area (Å²) in [6, 6.07) is 13.1. The zero-order chi connectivity index (χ0) is 17.5. The summed E-state index contributed by atoms with van der Waals surface area (Å²) in [5.74, 6) is 0.416. The van der Waals surface area contributed by atoms with Crippen molar-refractivity contribution in [1.29, 1.82) is 0 Å². The average molecular weight is 329 g/mol. The number of ether oxygens (including phenoxy) is 2. The highest BCUT2D eigenvalue weighted by atomic mass is 16.5. The van der Waals surface area contributed by atoms with Gasteiger partial charge in [0.25, 0.3) is 0 Å². The monoisotopic (exact) mass is 329 g/mol. The van der Waals surface area contributed by atoms with E-state index in [1.165, 1.54) is 5.56 Å². The number of aryl methyl sites for hydroxylation is 1. The van der Waals surface area contributed by atoms with E-state index < -0.39 is 12.0 Å². The molecule has 2 aromatic carbocycles. The van der Waals surface area contributed by atoms with Gasteiger partial charge in [0.15, 0.2) is 11.5 Å². The van der Waals surface area contributed by atoms with Crippen molar-refractivity contribution in [3.63, 3.8) is 0 Å². The number of benzene rings is 2. The van der Waals surface area contributed by atoms with Crippen LogP contribution in [0.1, 0.15) is 23.6 Å². The highest BCUT2D eigenvalue weighted by molar-refractivity contribution is 5.72. The number of hydrogen-bond acceptors (Lipinski definition) is 4. The Labute approximate surface area is 142 Å². The molecule has 5 nitrogen and oxygen atoms in total. The van der Waals surface area contributed by atoms with Gasteiger partial charge in [-0.2, -0.15) is 0 Å². The van der Waals surface area contributed by atoms with Gasteiger partial charge in [-0.15, -0.1) is 0 Å². The van der Waals surface area contributed by atoms with E-state index in [-0.39, 0.29) is 0 Å². The molecule has 0 radical (unpaired) electrons. The van der Waals surface area contributed by atoms with Crippen molar-refractivity contribution in [2.24, 2.45) is 0 Å². The van der Waals surface area contributed by atoms with Gasteiger partial charge in [-0.05, 0) is 37.1 Å². The summed E-state index contributed by atoms with van der Waals surface area (Å²) >= 11 is 0. The predicted octanol–water partition coefficient (Wildman–Crippen LogP) is 3.15. The highest BCUT2D eigenvalue weighted by Crippen LogP contribution is 2.29. The molecule has 0 bridgehead atoms. The summed E-state index contributed by atoms with van der Waals surface area (Å²) in [5, 5.41) is 11.8. The molecule has 5 heteroatoms. The van der Waals surface area contributed by atoms with Gasteiger partial charge in [-0.1, -0.05) is 35.9 Å². The molecule has 1 atom stereocenters. The van der Waals surface area contributed by atoms with Gasteiger partial charge in [0.2, 0.25) is 0 Å². The largest absolute Gasteiger partial charge is 0.493 e. The van der Waals surface area contributed by atoms with Crippen LogP contribution in [0.2, 0.25) is 0 Å². The number of rotatable bonds is 8. The Morgan fingerprint density at radius 2 is 1.96 bits per heavy atom. The van der Waals surface area contributed by atoms with Crippen molar-refractivity contribution < 1.29 is 19.4 Å². The zero-order valence-corrected chi connectivity index (χ0v) is 14.2. The van der Waals surface area contributed by atoms with Crippen LogP contribution in [-0.2, 0) is 17.9 Å². The molecule has 2 N–H and O–H groups in total. The maximum absolute atomic E-state index is 10.8. The fourth-order valence-electron chi connectivity index (χ4n) is 2.26. The molecule has 0 amide bonds. The van der Waals surface area contributed by atoms with Crippen molar-refractivity contribution >= 4 is 5.97 Å². The van der Waals surface area contributed by atoms with E-state index in [0.717, 1.165) is 11.1 Å². The summed E-state index contributed by atoms with van der Waals surface area (Å²) in [4.78, 5) is 10.8. The molecule has 0 saturated heterocycles. The van der Waals surface area contributed by atoms with E-state index in [2.05, 4.69) is 11.4 Å². The lowest BCUT2D eigenvalue weighted by Gasteiger charge is -2.14. The molecule has 0 spiro atoms. The van der Waals surface area contributed by atoms with Crippen molar-refractivity contribution in [1.82, 2.24) is 5.32 Å². The third kappa shape index (κ3) is 4.99. The van der Waals surface area contributed by atoms with Crippen LogP contribution in [0.3, 0.4) is 0 Å². The van der Waals surface area contributed by atoms with Crippen LogP contribution >= 0.6 is 0 Å². The first kappa shape index (κ1) is 17.8. The maximum Gasteiger partial charge on any atom is 0.320 e. The van der Waals surface area contributed by atoms with Crippen molar-refractivity contribution in [3.8, 4) is 11.5 Å². The van der Waals surface area contributed by atoms with Gasteiger partial charge >= 0.3 is 5.97 Å². The molecule has 128 valence electrons. The Morgan fingerprint density at radius 3 is 2.62 bits per heavy atom. The van der Waals surface area contributed by atoms with Crippen molar-refractivity contribution in [3.05, 3.63) is 59.2 Å². The Kier molecular flexibility index (Phi) is 6.21. The summed E-state index contributed by atoms with van der Waals surface area (Å²) in [7, 11) is 1.59. The van der Waals surface area contributed by atoms with Crippen molar-refractivity contribution in [2.75, 3.05) is 7.11 Å². The van der Waals surface area contributed by atoms with Crippen LogP contribution in [0.25, 0.3) is 0 Å². The van der Waals surface area contributed by atoms with Crippen LogP contribution < -0.4 is 14.8 Å². The molecule has 2 rings (SSSR count). The second kappa shape index (κ2) is 8.36. The molecule has 0 aromatic heterocycles. The fraction of sp³-hybridized carbons (Fsp3) is 0.316. The van der Waals surface area contributed by atoms with Crippen LogP contribution in [-0.4, -0.2) is 24.2 Å². The number of carboxylic acids is 1. The fourth-order valence-corrected chi connectivity index (χ4v) is 2.26. The Morgan fingerprint density at radius 1 is 1.17 bits per heavy atom. The molecule has 24 heavy (non-hydrogen) atoms. The molecule has 0 heterocycles. The lowest BCUT2D eigenvalue weighted by molar-refractivity contribution is -0.139. The molecule has 0 saturated carbocycles. The number of carboxylic acid groups (broad SMARTS) is 1. The molecule has 0 aliphatic carbocycles. The van der Waals surface area contributed by atoms with Crippen LogP contribution in [0, 0.1) is 6.92 Å². The molecular weight excluding hydrogens is 306 g/mol. The van der Waals surface area contributed by atoms with Gasteiger partial charge in [-0.25, -0.2) is 0 Å². The molecule has 1 unspecified atom stereocenters. The summed E-state index contributed by atoms with van der Waals surface area (Å²) < 4.78 is 11.2. The third-order valence-electron chi connectivity index (χ3n) is 3.69. The van der Waals surface area contributed by atoms with E-state index >= 15 is 0 Å². The van der Waals surface area contributed by atoms with E-state index in [9.17, 15) is 4.79 Å². The average Bonchev–Trinajstić information content (AvgIpc) is 2.58. The molecule has 2 aromatic rings. The first-order valence-electron chi connectivity index (χ1n) is 7.81. The van der Waals surface area contributed by atoms with Crippen LogP contribution in [0.5, 0.6) is 11.5 Å². The zero-order valence-electron chi connectivity index (χ0n) is 14.2. The maximum atomic E-state index is 10.8. The number of hydrogen-bond donors (Lipinski definition) is 2. The van der Waals surface area contributed by atoms with Crippen LogP contribution in [0.4, 0.5) is 0 Å². The Hall–Kier alpha value is -2.53. The molecule has 0 fully saturated rings. The smallest absolute Gasteiger partial charge is 0.320 e. The quantitative estimate of drug-likeness (QED) is 0.779. The topological polar surface area (TPSA) is 67.8 Å². The Balaban J connectivity index is 2.01. The van der Waals surface area contributed by atoms with Crippen molar-refractivity contribution in [2.45, 2.75) is 33.0 Å². The minimum Gasteiger partial charge on any atom is -0.493 e. The number of carbonyl (C=O) groups is 1. The summed E-state index contributed by atoms with van der Waals surface area (Å²) in [6.07, 6.45) is 0. The second-order valence-electron chi connectivity index (χ2n) is 5.70. The predicted molar refractivity (Wildman–Crippen MR) is 92.4 cm³/mol. The van der Waals surface area contributed by atoms with E-state index in [1.807, 2.05) is 43.3 Å². The van der Waals surface area contributed by atoms with E-state index in [4.69, 9.17) is 14.6 Å². The minimum atomic E-state index is -0.875. The van der Waals surface area contributed by atoms with Gasteiger partial charge < -0.3 is 19.9 Å². The first-order chi connectivity index (χ1) is 11.5. The minimum absolute atomic E-state index is 0.446. The highest BCUT2D eigenvalue weighted by Gasteiger charge is 2.11. The lowest BCUT2D eigenvalue weighted by atomic mass is 10.1. The van der Waals surface area contributed by atoms with E-state index in [1.54, 1.807) is 14.0 Å². The number of methoxy groups -OCH3 is 1. The number of aliphatic carboxylic acids is 1. The van der Waals surface area contributed by atoms with E-state index in [0.29, 0.717) is 24.7 Å². The second-order valence-corrected chi connectivity index (χ2v) is 5.70. The van der Waals surface area contributed by atoms with Gasteiger partial charge in [0.1, 0.15) is 12.6 Å². The first-order valence-corrected chi connectivity index (χ1v) is 7.81. The normalized spacial score (nSPS) is 11.8. The van der Waals surface area contributed by atoms with Crippen LogP contribution in [0.15, 0.2) is 42.5 Å². The Bertz CT molecular complexity index is 700. The number of nitrogens with one attached hydrogen (secondary N) is 1.